The van der Waals surface area contributed by atoms with Gasteiger partial charge in [0.2, 0.25) is 6.79 Å². The van der Waals surface area contributed by atoms with Crippen LogP contribution in [0.1, 0.15) is 5.56 Å². The van der Waals surface area contributed by atoms with Crippen LogP contribution in [-0.4, -0.2) is 49.3 Å². The highest BCUT2D eigenvalue weighted by molar-refractivity contribution is 5.44. The summed E-state index contributed by atoms with van der Waals surface area (Å²) >= 11 is 0. The molecule has 1 fully saturated rings. The third kappa shape index (κ3) is 2.91. The fraction of sp³-hybridized carbons (Fsp3) is 0.467. The maximum absolute atomic E-state index is 5.42. The normalized spacial score (nSPS) is 19.6. The highest BCUT2D eigenvalue weighted by Gasteiger charge is 2.18. The summed E-state index contributed by atoms with van der Waals surface area (Å²) in [6.07, 6.45) is 1.98. The van der Waals surface area contributed by atoms with Crippen molar-refractivity contribution in [3.05, 3.63) is 36.4 Å². The molecule has 19 heavy (non-hydrogen) atoms. The molecule has 0 spiro atoms. The van der Waals surface area contributed by atoms with Crippen molar-refractivity contribution in [2.24, 2.45) is 0 Å². The van der Waals surface area contributed by atoms with Crippen LogP contribution in [0.15, 0.2) is 30.9 Å². The molecular formula is C15H20N2O2. The summed E-state index contributed by atoms with van der Waals surface area (Å²) in [4.78, 5) is 4.92. The number of ether oxygens (including phenoxy) is 2. The van der Waals surface area contributed by atoms with Gasteiger partial charge in [-0.3, -0.25) is 9.80 Å². The van der Waals surface area contributed by atoms with Gasteiger partial charge in [-0.2, -0.15) is 0 Å². The third-order valence-corrected chi connectivity index (χ3v) is 3.70. The smallest absolute Gasteiger partial charge is 0.231 e. The van der Waals surface area contributed by atoms with E-state index < -0.39 is 0 Å². The van der Waals surface area contributed by atoms with Gasteiger partial charge < -0.3 is 9.47 Å². The van der Waals surface area contributed by atoms with Gasteiger partial charge in [-0.15, -0.1) is 6.58 Å². The second kappa shape index (κ2) is 5.63. The molecule has 0 N–H and O–H groups in total. The minimum Gasteiger partial charge on any atom is -0.454 e. The van der Waals surface area contributed by atoms with Crippen molar-refractivity contribution in [1.82, 2.24) is 9.80 Å². The van der Waals surface area contributed by atoms with Gasteiger partial charge in [-0.05, 0) is 17.7 Å². The first-order chi connectivity index (χ1) is 9.35. The predicted molar refractivity (Wildman–Crippen MR) is 74.5 cm³/mol. The number of fused-ring (bicyclic) bond motifs is 1. The van der Waals surface area contributed by atoms with Gasteiger partial charge in [0.05, 0.1) is 0 Å². The largest absolute Gasteiger partial charge is 0.454 e. The summed E-state index contributed by atoms with van der Waals surface area (Å²) in [6.45, 7) is 10.6. The fourth-order valence-corrected chi connectivity index (χ4v) is 2.61. The fourth-order valence-electron chi connectivity index (χ4n) is 2.61. The zero-order valence-electron chi connectivity index (χ0n) is 11.2. The Morgan fingerprint density at radius 1 is 1.05 bits per heavy atom. The lowest BCUT2D eigenvalue weighted by atomic mass is 10.1. The molecule has 2 aliphatic heterocycles. The van der Waals surface area contributed by atoms with Crippen molar-refractivity contribution < 1.29 is 9.47 Å². The summed E-state index contributed by atoms with van der Waals surface area (Å²) in [5.41, 5.74) is 1.29. The molecule has 102 valence electrons. The monoisotopic (exact) mass is 260 g/mol. The Hall–Kier alpha value is -1.52. The topological polar surface area (TPSA) is 24.9 Å². The van der Waals surface area contributed by atoms with Crippen LogP contribution in [0, 0.1) is 0 Å². The first-order valence-electron chi connectivity index (χ1n) is 6.79. The number of piperazine rings is 1. The Balaban J connectivity index is 1.56. The first-order valence-corrected chi connectivity index (χ1v) is 6.79. The van der Waals surface area contributed by atoms with Crippen LogP contribution in [0.25, 0.3) is 0 Å². The lowest BCUT2D eigenvalue weighted by molar-refractivity contribution is 0.137. The second-order valence-corrected chi connectivity index (χ2v) is 5.05. The van der Waals surface area contributed by atoms with E-state index in [4.69, 9.17) is 9.47 Å². The van der Waals surface area contributed by atoms with Crippen LogP contribution in [-0.2, 0) is 6.54 Å². The van der Waals surface area contributed by atoms with Gasteiger partial charge in [-0.25, -0.2) is 0 Å². The molecule has 1 saturated heterocycles. The molecule has 2 aliphatic rings. The number of nitrogens with zero attached hydrogens (tertiary/aromatic N) is 2. The van der Waals surface area contributed by atoms with Crippen molar-refractivity contribution >= 4 is 0 Å². The molecule has 1 aromatic carbocycles. The van der Waals surface area contributed by atoms with Crippen LogP contribution >= 0.6 is 0 Å². The minimum absolute atomic E-state index is 0.346. The summed E-state index contributed by atoms with van der Waals surface area (Å²) in [6, 6.07) is 6.23. The molecular weight excluding hydrogens is 240 g/mol. The van der Waals surface area contributed by atoms with Crippen LogP contribution in [0.5, 0.6) is 11.5 Å². The molecule has 4 heteroatoms. The highest BCUT2D eigenvalue weighted by Crippen LogP contribution is 2.32. The van der Waals surface area contributed by atoms with Crippen molar-refractivity contribution in [2.45, 2.75) is 6.54 Å². The minimum atomic E-state index is 0.346. The standard InChI is InChI=1S/C15H20N2O2/c1-2-5-16-6-8-17(9-7-16)11-13-3-4-14-15(10-13)19-12-18-14/h2-4,10H,1,5-9,11-12H2. The van der Waals surface area contributed by atoms with E-state index in [9.17, 15) is 0 Å². The molecule has 0 atom stereocenters. The van der Waals surface area contributed by atoms with E-state index in [-0.39, 0.29) is 0 Å². The zero-order valence-corrected chi connectivity index (χ0v) is 11.2. The number of rotatable bonds is 4. The quantitative estimate of drug-likeness (QED) is 0.770. The van der Waals surface area contributed by atoms with Crippen LogP contribution in [0.3, 0.4) is 0 Å². The maximum Gasteiger partial charge on any atom is 0.231 e. The Kier molecular flexibility index (Phi) is 3.71. The molecule has 0 aliphatic carbocycles. The molecule has 0 amide bonds. The van der Waals surface area contributed by atoms with E-state index in [1.807, 2.05) is 12.1 Å². The van der Waals surface area contributed by atoms with Gasteiger partial charge in [0.15, 0.2) is 11.5 Å². The first kappa shape index (κ1) is 12.5. The Bertz CT molecular complexity index is 453. The molecule has 0 aromatic heterocycles. The van der Waals surface area contributed by atoms with E-state index in [2.05, 4.69) is 28.5 Å². The molecule has 0 bridgehead atoms. The zero-order chi connectivity index (χ0) is 13.1. The summed E-state index contributed by atoms with van der Waals surface area (Å²) < 4.78 is 10.7. The molecule has 0 radical (unpaired) electrons. The van der Waals surface area contributed by atoms with Gasteiger partial charge in [0, 0.05) is 39.3 Å². The van der Waals surface area contributed by atoms with E-state index in [1.165, 1.54) is 5.56 Å². The molecule has 2 heterocycles. The predicted octanol–water partition coefficient (Wildman–Crippen LogP) is 1.72. The van der Waals surface area contributed by atoms with Crippen molar-refractivity contribution in [3.63, 3.8) is 0 Å². The van der Waals surface area contributed by atoms with Crippen LogP contribution in [0.2, 0.25) is 0 Å². The van der Waals surface area contributed by atoms with E-state index in [0.29, 0.717) is 6.79 Å². The summed E-state index contributed by atoms with van der Waals surface area (Å²) in [5.74, 6) is 1.74. The Morgan fingerprint density at radius 2 is 1.79 bits per heavy atom. The molecule has 3 rings (SSSR count). The highest BCUT2D eigenvalue weighted by atomic mass is 16.7. The second-order valence-electron chi connectivity index (χ2n) is 5.05. The van der Waals surface area contributed by atoms with Gasteiger partial charge in [0.1, 0.15) is 0 Å². The SMILES string of the molecule is C=CCN1CCN(Cc2ccc3c(c2)OCO3)CC1. The number of benzene rings is 1. The van der Waals surface area contributed by atoms with E-state index >= 15 is 0 Å². The third-order valence-electron chi connectivity index (χ3n) is 3.70. The maximum atomic E-state index is 5.42. The average Bonchev–Trinajstić information content (AvgIpc) is 2.89. The average molecular weight is 260 g/mol. The Morgan fingerprint density at radius 3 is 2.58 bits per heavy atom. The van der Waals surface area contributed by atoms with Gasteiger partial charge in [0.25, 0.3) is 0 Å². The van der Waals surface area contributed by atoms with Crippen molar-refractivity contribution in [2.75, 3.05) is 39.5 Å². The molecule has 0 saturated carbocycles. The number of hydrogen-bond donors (Lipinski definition) is 0. The molecule has 4 nitrogen and oxygen atoms in total. The Labute approximate surface area is 114 Å². The van der Waals surface area contributed by atoms with Crippen molar-refractivity contribution in [1.29, 1.82) is 0 Å². The van der Waals surface area contributed by atoms with Crippen LogP contribution in [0.4, 0.5) is 0 Å². The molecule has 1 aromatic rings. The van der Waals surface area contributed by atoms with Gasteiger partial charge in [-0.1, -0.05) is 12.1 Å². The molecule has 0 unspecified atom stereocenters. The summed E-state index contributed by atoms with van der Waals surface area (Å²) in [5, 5.41) is 0. The lowest BCUT2D eigenvalue weighted by Crippen LogP contribution is -2.45. The van der Waals surface area contributed by atoms with Gasteiger partial charge >= 0.3 is 0 Å². The van der Waals surface area contributed by atoms with Crippen molar-refractivity contribution in [3.8, 4) is 11.5 Å². The van der Waals surface area contributed by atoms with E-state index in [0.717, 1.165) is 50.8 Å². The van der Waals surface area contributed by atoms with Crippen LogP contribution < -0.4 is 9.47 Å². The number of hydrogen-bond acceptors (Lipinski definition) is 4. The van der Waals surface area contributed by atoms with E-state index in [1.54, 1.807) is 0 Å². The summed E-state index contributed by atoms with van der Waals surface area (Å²) in [7, 11) is 0. The lowest BCUT2D eigenvalue weighted by Gasteiger charge is -2.34.